The van der Waals surface area contributed by atoms with Crippen molar-refractivity contribution in [2.24, 2.45) is 0 Å². The highest BCUT2D eigenvalue weighted by Crippen LogP contribution is 2.40. The van der Waals surface area contributed by atoms with E-state index in [0.29, 0.717) is 23.7 Å². The number of benzene rings is 1. The Morgan fingerprint density at radius 3 is 2.64 bits per heavy atom. The lowest BCUT2D eigenvalue weighted by Crippen LogP contribution is -2.36. The minimum absolute atomic E-state index is 0.0168. The molecule has 146 valence electrons. The van der Waals surface area contributed by atoms with Gasteiger partial charge in [0.15, 0.2) is 0 Å². The summed E-state index contributed by atoms with van der Waals surface area (Å²) in [7, 11) is 1.54. The van der Waals surface area contributed by atoms with E-state index in [1.807, 2.05) is 0 Å². The number of aliphatic hydroxyl groups is 1. The highest BCUT2D eigenvalue weighted by Gasteiger charge is 2.48. The summed E-state index contributed by atoms with van der Waals surface area (Å²) in [5.41, 5.74) is 0.440. The van der Waals surface area contributed by atoms with Crippen LogP contribution in [0, 0.1) is 0 Å². The number of amides is 1. The fourth-order valence-corrected chi connectivity index (χ4v) is 3.72. The molecule has 0 saturated carbocycles. The van der Waals surface area contributed by atoms with Crippen molar-refractivity contribution in [3.8, 4) is 5.75 Å². The van der Waals surface area contributed by atoms with Gasteiger partial charge in [0.25, 0.3) is 11.7 Å². The highest BCUT2D eigenvalue weighted by atomic mass is 16.5. The van der Waals surface area contributed by atoms with E-state index in [-0.39, 0.29) is 24.0 Å². The lowest BCUT2D eigenvalue weighted by atomic mass is 9.99. The van der Waals surface area contributed by atoms with Crippen LogP contribution in [0.2, 0.25) is 0 Å². The first-order valence-corrected chi connectivity index (χ1v) is 9.18. The first-order chi connectivity index (χ1) is 13.6. The Hall–Kier alpha value is -3.06. The summed E-state index contributed by atoms with van der Waals surface area (Å²) in [4.78, 5) is 27.0. The lowest BCUT2D eigenvalue weighted by molar-refractivity contribution is -0.141. The van der Waals surface area contributed by atoms with E-state index in [0.717, 1.165) is 12.8 Å². The molecule has 4 rings (SSSR count). The number of hydrogen-bond donors (Lipinski definition) is 1. The van der Waals surface area contributed by atoms with Gasteiger partial charge >= 0.3 is 0 Å². The molecule has 0 aliphatic carbocycles. The molecule has 2 atom stereocenters. The Kier molecular flexibility index (Phi) is 4.92. The maximum absolute atomic E-state index is 12.8. The topological polar surface area (TPSA) is 89.2 Å². The van der Waals surface area contributed by atoms with Crippen molar-refractivity contribution in [1.29, 1.82) is 0 Å². The number of carbonyl (C=O) groups excluding carboxylic acids is 2. The Morgan fingerprint density at radius 1 is 1.25 bits per heavy atom. The number of rotatable bonds is 5. The van der Waals surface area contributed by atoms with Crippen LogP contribution in [0.3, 0.4) is 0 Å². The second kappa shape index (κ2) is 7.52. The van der Waals surface area contributed by atoms with Gasteiger partial charge in [-0.1, -0.05) is 0 Å². The maximum Gasteiger partial charge on any atom is 0.295 e. The zero-order valence-corrected chi connectivity index (χ0v) is 15.5. The van der Waals surface area contributed by atoms with E-state index in [9.17, 15) is 14.7 Å². The molecule has 2 aliphatic heterocycles. The number of nitrogens with zero attached hydrogens (tertiary/aromatic N) is 1. The quantitative estimate of drug-likeness (QED) is 0.485. The Balaban J connectivity index is 1.76. The van der Waals surface area contributed by atoms with Gasteiger partial charge in [0.1, 0.15) is 23.3 Å². The molecule has 1 N–H and O–H groups in total. The summed E-state index contributed by atoms with van der Waals surface area (Å²) < 4.78 is 16.3. The Labute approximate surface area is 162 Å². The summed E-state index contributed by atoms with van der Waals surface area (Å²) in [5.74, 6) is -0.581. The molecule has 2 saturated heterocycles. The summed E-state index contributed by atoms with van der Waals surface area (Å²) in [6.45, 7) is 0.918. The Bertz CT molecular complexity index is 893. The normalized spacial score (nSPS) is 24.1. The molecule has 2 aromatic rings. The van der Waals surface area contributed by atoms with Crippen molar-refractivity contribution in [2.45, 2.75) is 25.0 Å². The van der Waals surface area contributed by atoms with Crippen molar-refractivity contribution in [3.63, 3.8) is 0 Å². The van der Waals surface area contributed by atoms with Gasteiger partial charge in [-0.15, -0.1) is 0 Å². The van der Waals surface area contributed by atoms with Crippen molar-refractivity contribution in [1.82, 2.24) is 4.90 Å². The zero-order chi connectivity index (χ0) is 19.7. The highest BCUT2D eigenvalue weighted by molar-refractivity contribution is 6.46. The molecule has 1 aromatic carbocycles. The number of furan rings is 1. The predicted octanol–water partition coefficient (Wildman–Crippen LogP) is 2.89. The zero-order valence-electron chi connectivity index (χ0n) is 15.5. The second-order valence-electron chi connectivity index (χ2n) is 6.83. The van der Waals surface area contributed by atoms with Crippen LogP contribution in [-0.4, -0.2) is 48.1 Å². The van der Waals surface area contributed by atoms with Gasteiger partial charge in [0, 0.05) is 18.7 Å². The molecule has 0 bridgehead atoms. The third-order valence-electron chi connectivity index (χ3n) is 5.14. The number of hydrogen-bond acceptors (Lipinski definition) is 6. The lowest BCUT2D eigenvalue weighted by Gasteiger charge is -2.25. The number of Topliss-reactive ketones (excluding diaryl/α,β-unsaturated/α-hetero) is 1. The fraction of sp³-hybridized carbons (Fsp3) is 0.333. The molecule has 2 fully saturated rings. The fourth-order valence-electron chi connectivity index (χ4n) is 3.72. The number of ketones is 1. The molecule has 1 amide bonds. The molecule has 1 aromatic heterocycles. The van der Waals surface area contributed by atoms with Gasteiger partial charge in [0.05, 0.1) is 25.1 Å². The maximum atomic E-state index is 12.8. The molecule has 2 aliphatic rings. The van der Waals surface area contributed by atoms with Crippen LogP contribution >= 0.6 is 0 Å². The van der Waals surface area contributed by atoms with Crippen LogP contribution in [0.1, 0.15) is 30.2 Å². The number of carbonyl (C=O) groups is 2. The van der Waals surface area contributed by atoms with Gasteiger partial charge in [-0.3, -0.25) is 9.59 Å². The van der Waals surface area contributed by atoms with Gasteiger partial charge in [-0.05, 0) is 49.2 Å². The van der Waals surface area contributed by atoms with Crippen LogP contribution in [0.4, 0.5) is 0 Å². The van der Waals surface area contributed by atoms with Crippen LogP contribution in [0.15, 0.2) is 52.7 Å². The smallest absolute Gasteiger partial charge is 0.295 e. The molecule has 0 spiro atoms. The second-order valence-corrected chi connectivity index (χ2v) is 6.83. The summed E-state index contributed by atoms with van der Waals surface area (Å²) in [5, 5.41) is 10.9. The van der Waals surface area contributed by atoms with Gasteiger partial charge in [-0.2, -0.15) is 0 Å². The van der Waals surface area contributed by atoms with E-state index < -0.39 is 17.7 Å². The van der Waals surface area contributed by atoms with Gasteiger partial charge < -0.3 is 23.9 Å². The molecule has 3 heterocycles. The molecular weight excluding hydrogens is 362 g/mol. The van der Waals surface area contributed by atoms with E-state index in [4.69, 9.17) is 13.9 Å². The molecule has 0 radical (unpaired) electrons. The van der Waals surface area contributed by atoms with Crippen LogP contribution in [-0.2, 0) is 14.3 Å². The van der Waals surface area contributed by atoms with Crippen molar-refractivity contribution in [3.05, 3.63) is 59.6 Å². The standard InChI is InChI=1S/C21H21NO6/c1-26-14-8-6-13(7-9-14)19(23)17-18(16-5-3-11-28-16)22(21(25)20(17)24)12-15-4-2-10-27-15/h3,5-9,11,15,18,23H,2,4,10,12H2,1H3. The number of likely N-dealkylation sites (tertiary alicyclic amines) is 1. The van der Waals surface area contributed by atoms with Crippen LogP contribution in [0.5, 0.6) is 5.75 Å². The van der Waals surface area contributed by atoms with E-state index in [1.54, 1.807) is 43.5 Å². The summed E-state index contributed by atoms with van der Waals surface area (Å²) in [6.07, 6.45) is 3.10. The van der Waals surface area contributed by atoms with Crippen LogP contribution < -0.4 is 4.74 Å². The van der Waals surface area contributed by atoms with Crippen molar-refractivity contribution < 1.29 is 28.6 Å². The van der Waals surface area contributed by atoms with E-state index in [1.165, 1.54) is 11.2 Å². The Morgan fingerprint density at radius 2 is 2.04 bits per heavy atom. The third kappa shape index (κ3) is 3.18. The molecular formula is C21H21NO6. The number of ether oxygens (including phenoxy) is 2. The molecule has 28 heavy (non-hydrogen) atoms. The average Bonchev–Trinajstić information content (AvgIpc) is 3.46. The van der Waals surface area contributed by atoms with Crippen molar-refractivity contribution >= 4 is 17.4 Å². The number of methoxy groups -OCH3 is 1. The van der Waals surface area contributed by atoms with Gasteiger partial charge in [0.2, 0.25) is 0 Å². The minimum atomic E-state index is -0.790. The van der Waals surface area contributed by atoms with E-state index in [2.05, 4.69) is 0 Å². The molecule has 7 heteroatoms. The number of aliphatic hydroxyl groups excluding tert-OH is 1. The largest absolute Gasteiger partial charge is 0.507 e. The third-order valence-corrected chi connectivity index (χ3v) is 5.14. The monoisotopic (exact) mass is 383 g/mol. The minimum Gasteiger partial charge on any atom is -0.507 e. The predicted molar refractivity (Wildman–Crippen MR) is 99.7 cm³/mol. The molecule has 7 nitrogen and oxygen atoms in total. The summed E-state index contributed by atoms with van der Waals surface area (Å²) in [6, 6.07) is 9.23. The summed E-state index contributed by atoms with van der Waals surface area (Å²) >= 11 is 0. The van der Waals surface area contributed by atoms with Crippen LogP contribution in [0.25, 0.3) is 5.76 Å². The van der Waals surface area contributed by atoms with Crippen molar-refractivity contribution in [2.75, 3.05) is 20.3 Å². The SMILES string of the molecule is COc1ccc(C(O)=C2C(=O)C(=O)N(CC3CCCO3)C2c2ccco2)cc1. The first kappa shape index (κ1) is 18.3. The first-order valence-electron chi connectivity index (χ1n) is 9.18. The molecule has 2 unspecified atom stereocenters. The average molecular weight is 383 g/mol. The van der Waals surface area contributed by atoms with E-state index >= 15 is 0 Å². The van der Waals surface area contributed by atoms with Gasteiger partial charge in [-0.25, -0.2) is 0 Å².